The van der Waals surface area contributed by atoms with Gasteiger partial charge >= 0.3 is 0 Å². The maximum atomic E-state index is 5.58. The first kappa shape index (κ1) is 11.4. The fraction of sp³-hybridized carbons (Fsp3) is 0.455. The molecular weight excluding hydrogens is 194 g/mol. The predicted octanol–water partition coefficient (Wildman–Crippen LogP) is 2.96. The molecule has 0 fully saturated rings. The minimum atomic E-state index is 0.150. The molecule has 2 nitrogen and oxygen atoms in total. The third-order valence-corrected chi connectivity index (χ3v) is 2.73. The molecule has 0 bridgehead atoms. The summed E-state index contributed by atoms with van der Waals surface area (Å²) >= 11 is 1.23. The highest BCUT2D eigenvalue weighted by Crippen LogP contribution is 2.31. The van der Waals surface area contributed by atoms with Crippen molar-refractivity contribution in [3.63, 3.8) is 0 Å². The number of benzene rings is 1. The van der Waals surface area contributed by atoms with Gasteiger partial charge in [-0.3, -0.25) is 5.14 Å². The summed E-state index contributed by atoms with van der Waals surface area (Å²) in [6.45, 7) is 6.54. The smallest absolute Gasteiger partial charge is 0.133 e. The molecule has 0 radical (unpaired) electrons. The van der Waals surface area contributed by atoms with Crippen molar-refractivity contribution in [1.29, 1.82) is 0 Å². The van der Waals surface area contributed by atoms with Crippen molar-refractivity contribution < 1.29 is 4.74 Å². The fourth-order valence-corrected chi connectivity index (χ4v) is 1.70. The Morgan fingerprint density at radius 3 is 2.36 bits per heavy atom. The molecule has 0 aromatic heterocycles. The van der Waals surface area contributed by atoms with Crippen LogP contribution in [-0.4, -0.2) is 7.11 Å². The average Bonchev–Trinajstić information content (AvgIpc) is 2.15. The van der Waals surface area contributed by atoms with Crippen molar-refractivity contribution in [2.45, 2.75) is 31.1 Å². The van der Waals surface area contributed by atoms with E-state index in [0.717, 1.165) is 10.6 Å². The minimum absolute atomic E-state index is 0.150. The molecule has 2 N–H and O–H groups in total. The van der Waals surface area contributed by atoms with Crippen LogP contribution in [0.15, 0.2) is 23.1 Å². The zero-order chi connectivity index (χ0) is 10.8. The zero-order valence-corrected chi connectivity index (χ0v) is 9.94. The molecule has 0 amide bonds. The SMILES string of the molecule is COc1ccc(C(C)(C)C)cc1SN. The molecule has 14 heavy (non-hydrogen) atoms. The van der Waals surface area contributed by atoms with Crippen molar-refractivity contribution in [2.75, 3.05) is 7.11 Å². The highest BCUT2D eigenvalue weighted by molar-refractivity contribution is 7.97. The second kappa shape index (κ2) is 4.24. The lowest BCUT2D eigenvalue weighted by Crippen LogP contribution is -2.11. The van der Waals surface area contributed by atoms with Crippen LogP contribution in [0.2, 0.25) is 0 Å². The molecular formula is C11H17NOS. The summed E-state index contributed by atoms with van der Waals surface area (Å²) in [6, 6.07) is 6.14. The molecule has 1 aromatic carbocycles. The van der Waals surface area contributed by atoms with E-state index >= 15 is 0 Å². The zero-order valence-electron chi connectivity index (χ0n) is 9.13. The first-order valence-corrected chi connectivity index (χ1v) is 5.42. The standard InChI is InChI=1S/C11H17NOS/c1-11(2,3)8-5-6-9(13-4)10(7-8)14-12/h5-7H,12H2,1-4H3. The Hall–Kier alpha value is -0.670. The molecule has 3 heteroatoms. The first-order chi connectivity index (χ1) is 6.49. The molecule has 0 saturated carbocycles. The molecule has 0 spiro atoms. The largest absolute Gasteiger partial charge is 0.496 e. The van der Waals surface area contributed by atoms with Crippen LogP contribution in [-0.2, 0) is 5.41 Å². The summed E-state index contributed by atoms with van der Waals surface area (Å²) in [5, 5.41) is 5.58. The summed E-state index contributed by atoms with van der Waals surface area (Å²) in [6.07, 6.45) is 0. The second-order valence-electron chi connectivity index (χ2n) is 4.23. The molecule has 0 aliphatic rings. The van der Waals surface area contributed by atoms with Crippen LogP contribution in [0.3, 0.4) is 0 Å². The number of ether oxygens (including phenoxy) is 1. The summed E-state index contributed by atoms with van der Waals surface area (Å²) in [5.41, 5.74) is 1.42. The van der Waals surface area contributed by atoms with E-state index in [2.05, 4.69) is 32.9 Å². The van der Waals surface area contributed by atoms with Gasteiger partial charge in [0.25, 0.3) is 0 Å². The van der Waals surface area contributed by atoms with E-state index in [1.165, 1.54) is 17.5 Å². The van der Waals surface area contributed by atoms with Gasteiger partial charge in [-0.05, 0) is 35.1 Å². The van der Waals surface area contributed by atoms with Gasteiger partial charge in [-0.2, -0.15) is 0 Å². The predicted molar refractivity (Wildman–Crippen MR) is 61.7 cm³/mol. The third kappa shape index (κ3) is 2.42. The van der Waals surface area contributed by atoms with Gasteiger partial charge in [-0.1, -0.05) is 26.8 Å². The summed E-state index contributed by atoms with van der Waals surface area (Å²) in [7, 11) is 1.66. The topological polar surface area (TPSA) is 35.2 Å². The fourth-order valence-electron chi connectivity index (χ4n) is 1.24. The van der Waals surface area contributed by atoms with Crippen LogP contribution in [0.25, 0.3) is 0 Å². The highest BCUT2D eigenvalue weighted by atomic mass is 32.2. The van der Waals surface area contributed by atoms with Gasteiger partial charge in [0, 0.05) is 0 Å². The average molecular weight is 211 g/mol. The summed E-state index contributed by atoms with van der Waals surface area (Å²) in [5.74, 6) is 0.838. The van der Waals surface area contributed by atoms with Crippen LogP contribution in [0.5, 0.6) is 5.75 Å². The van der Waals surface area contributed by atoms with Crippen LogP contribution in [0.4, 0.5) is 0 Å². The van der Waals surface area contributed by atoms with Crippen LogP contribution >= 0.6 is 11.9 Å². The van der Waals surface area contributed by atoms with Crippen LogP contribution < -0.4 is 9.88 Å². The molecule has 0 heterocycles. The van der Waals surface area contributed by atoms with E-state index in [1.54, 1.807) is 7.11 Å². The Kier molecular flexibility index (Phi) is 3.45. The summed E-state index contributed by atoms with van der Waals surface area (Å²) in [4.78, 5) is 0.986. The van der Waals surface area contributed by atoms with Gasteiger partial charge in [0.2, 0.25) is 0 Å². The Morgan fingerprint density at radius 2 is 1.93 bits per heavy atom. The minimum Gasteiger partial charge on any atom is -0.496 e. The Bertz CT molecular complexity index is 318. The maximum absolute atomic E-state index is 5.58. The van der Waals surface area contributed by atoms with E-state index in [4.69, 9.17) is 9.88 Å². The Balaban J connectivity index is 3.14. The van der Waals surface area contributed by atoms with Gasteiger partial charge in [-0.25, -0.2) is 0 Å². The monoisotopic (exact) mass is 211 g/mol. The number of methoxy groups -OCH3 is 1. The van der Waals surface area contributed by atoms with E-state index in [9.17, 15) is 0 Å². The van der Waals surface area contributed by atoms with Crippen LogP contribution in [0, 0.1) is 0 Å². The number of hydrogen-bond donors (Lipinski definition) is 1. The third-order valence-electron chi connectivity index (χ3n) is 2.16. The molecule has 0 aliphatic heterocycles. The number of nitrogens with two attached hydrogens (primary N) is 1. The van der Waals surface area contributed by atoms with Gasteiger partial charge in [0.05, 0.1) is 12.0 Å². The molecule has 0 aliphatic carbocycles. The lowest BCUT2D eigenvalue weighted by molar-refractivity contribution is 0.404. The number of hydrogen-bond acceptors (Lipinski definition) is 3. The highest BCUT2D eigenvalue weighted by Gasteiger charge is 2.15. The normalized spacial score (nSPS) is 11.5. The quantitative estimate of drug-likeness (QED) is 0.764. The Labute approximate surface area is 90.0 Å². The first-order valence-electron chi connectivity index (χ1n) is 4.54. The molecule has 0 atom stereocenters. The van der Waals surface area contributed by atoms with Gasteiger partial charge < -0.3 is 4.74 Å². The van der Waals surface area contributed by atoms with Crippen molar-refractivity contribution in [1.82, 2.24) is 0 Å². The van der Waals surface area contributed by atoms with Gasteiger partial charge in [-0.15, -0.1) is 0 Å². The van der Waals surface area contributed by atoms with Gasteiger partial charge in [0.1, 0.15) is 5.75 Å². The van der Waals surface area contributed by atoms with Crippen LogP contribution in [0.1, 0.15) is 26.3 Å². The van der Waals surface area contributed by atoms with Crippen molar-refractivity contribution >= 4 is 11.9 Å². The van der Waals surface area contributed by atoms with E-state index in [1.807, 2.05) is 6.07 Å². The van der Waals surface area contributed by atoms with Crippen molar-refractivity contribution in [2.24, 2.45) is 5.14 Å². The second-order valence-corrected chi connectivity index (χ2v) is 4.91. The molecule has 1 rings (SSSR count). The number of rotatable bonds is 2. The maximum Gasteiger partial charge on any atom is 0.133 e. The lowest BCUT2D eigenvalue weighted by Gasteiger charge is -2.20. The molecule has 0 unspecified atom stereocenters. The van der Waals surface area contributed by atoms with E-state index < -0.39 is 0 Å². The van der Waals surface area contributed by atoms with E-state index in [-0.39, 0.29) is 5.41 Å². The lowest BCUT2D eigenvalue weighted by atomic mass is 9.87. The molecule has 78 valence electrons. The van der Waals surface area contributed by atoms with E-state index in [0.29, 0.717) is 0 Å². The molecule has 0 saturated heterocycles. The van der Waals surface area contributed by atoms with Gasteiger partial charge in [0.15, 0.2) is 0 Å². The van der Waals surface area contributed by atoms with Crippen molar-refractivity contribution in [3.8, 4) is 5.75 Å². The van der Waals surface area contributed by atoms with Crippen molar-refractivity contribution in [3.05, 3.63) is 23.8 Å². The summed E-state index contributed by atoms with van der Waals surface area (Å²) < 4.78 is 5.20. The Morgan fingerprint density at radius 1 is 1.29 bits per heavy atom. The molecule has 1 aromatic rings.